The van der Waals surface area contributed by atoms with Crippen molar-refractivity contribution in [3.8, 4) is 0 Å². The monoisotopic (exact) mass is 170 g/mol. The van der Waals surface area contributed by atoms with Crippen LogP contribution in [0.5, 0.6) is 0 Å². The number of esters is 1. The van der Waals surface area contributed by atoms with Gasteiger partial charge in [0, 0.05) is 0 Å². The van der Waals surface area contributed by atoms with Gasteiger partial charge < -0.3 is 4.74 Å². The summed E-state index contributed by atoms with van der Waals surface area (Å²) in [5, 5.41) is 0. The molecule has 2 nitrogen and oxygen atoms in total. The van der Waals surface area contributed by atoms with Gasteiger partial charge in [-0.15, -0.1) is 0 Å². The first-order chi connectivity index (χ1) is 5.23. The van der Waals surface area contributed by atoms with Crippen molar-refractivity contribution in [2.24, 2.45) is 10.8 Å². The molecule has 12 heavy (non-hydrogen) atoms. The van der Waals surface area contributed by atoms with E-state index in [1.807, 2.05) is 34.6 Å². The number of hydrogen-bond acceptors (Lipinski definition) is 2. The van der Waals surface area contributed by atoms with E-state index in [1.165, 1.54) is 6.26 Å². The number of carbonyl (C=O) groups is 1. The number of hydrogen-bond donors (Lipinski definition) is 0. The predicted molar refractivity (Wildman–Crippen MR) is 49.5 cm³/mol. The fraction of sp³-hybridized carbons (Fsp3) is 0.700. The van der Waals surface area contributed by atoms with E-state index < -0.39 is 5.41 Å². The molecule has 0 saturated heterocycles. The van der Waals surface area contributed by atoms with Gasteiger partial charge in [0.25, 0.3) is 0 Å². The van der Waals surface area contributed by atoms with E-state index in [0.29, 0.717) is 0 Å². The van der Waals surface area contributed by atoms with Gasteiger partial charge in [-0.3, -0.25) is 4.79 Å². The van der Waals surface area contributed by atoms with E-state index in [-0.39, 0.29) is 11.4 Å². The van der Waals surface area contributed by atoms with Gasteiger partial charge in [-0.1, -0.05) is 27.4 Å². The zero-order valence-corrected chi connectivity index (χ0v) is 8.60. The van der Waals surface area contributed by atoms with E-state index in [0.717, 1.165) is 0 Å². The maximum absolute atomic E-state index is 11.4. The van der Waals surface area contributed by atoms with Gasteiger partial charge in [0.1, 0.15) is 0 Å². The molecular weight excluding hydrogens is 152 g/mol. The average molecular weight is 170 g/mol. The molecule has 0 heterocycles. The quantitative estimate of drug-likeness (QED) is 0.470. The predicted octanol–water partition coefficient (Wildman–Crippen LogP) is 2.75. The summed E-state index contributed by atoms with van der Waals surface area (Å²) in [6, 6.07) is 0. The third kappa shape index (κ3) is 2.10. The minimum absolute atomic E-state index is 0.104. The van der Waals surface area contributed by atoms with Crippen LogP contribution in [0.15, 0.2) is 12.8 Å². The Morgan fingerprint density at radius 3 is 1.92 bits per heavy atom. The fourth-order valence-corrected chi connectivity index (χ4v) is 0.529. The van der Waals surface area contributed by atoms with Crippen LogP contribution in [0, 0.1) is 10.8 Å². The molecule has 0 bridgehead atoms. The Bertz CT molecular complexity index is 185. The first-order valence-electron chi connectivity index (χ1n) is 4.05. The Hall–Kier alpha value is -0.790. The second kappa shape index (κ2) is 3.30. The Morgan fingerprint density at radius 1 is 1.25 bits per heavy atom. The molecule has 2 heteroatoms. The van der Waals surface area contributed by atoms with Gasteiger partial charge in [-0.05, 0) is 19.3 Å². The lowest BCUT2D eigenvalue weighted by atomic mass is 9.69. The lowest BCUT2D eigenvalue weighted by Gasteiger charge is -2.35. The highest BCUT2D eigenvalue weighted by Crippen LogP contribution is 2.38. The Kier molecular flexibility index (Phi) is 3.08. The Morgan fingerprint density at radius 2 is 1.67 bits per heavy atom. The smallest absolute Gasteiger partial charge is 0.316 e. The summed E-state index contributed by atoms with van der Waals surface area (Å²) < 4.78 is 4.76. The third-order valence-corrected chi connectivity index (χ3v) is 2.58. The minimum atomic E-state index is -0.485. The molecular formula is C10H18O2. The van der Waals surface area contributed by atoms with Crippen LogP contribution in [0.3, 0.4) is 0 Å². The highest BCUT2D eigenvalue weighted by Gasteiger charge is 2.40. The van der Waals surface area contributed by atoms with E-state index in [1.54, 1.807) is 0 Å². The Labute approximate surface area is 74.6 Å². The van der Waals surface area contributed by atoms with Crippen molar-refractivity contribution in [1.82, 2.24) is 0 Å². The van der Waals surface area contributed by atoms with Crippen LogP contribution in [0.2, 0.25) is 0 Å². The van der Waals surface area contributed by atoms with Crippen molar-refractivity contribution in [3.63, 3.8) is 0 Å². The maximum Gasteiger partial charge on any atom is 0.316 e. The highest BCUT2D eigenvalue weighted by atomic mass is 16.5. The normalized spacial score (nSPS) is 12.4. The van der Waals surface area contributed by atoms with Crippen molar-refractivity contribution >= 4 is 5.97 Å². The first-order valence-corrected chi connectivity index (χ1v) is 4.05. The molecule has 0 atom stereocenters. The van der Waals surface area contributed by atoms with Gasteiger partial charge in [-0.2, -0.15) is 0 Å². The van der Waals surface area contributed by atoms with Crippen molar-refractivity contribution in [2.45, 2.75) is 34.6 Å². The van der Waals surface area contributed by atoms with Gasteiger partial charge in [-0.25, -0.2) is 0 Å². The van der Waals surface area contributed by atoms with Crippen LogP contribution >= 0.6 is 0 Å². The molecule has 0 radical (unpaired) electrons. The van der Waals surface area contributed by atoms with Gasteiger partial charge in [0.2, 0.25) is 0 Å². The van der Waals surface area contributed by atoms with E-state index >= 15 is 0 Å². The van der Waals surface area contributed by atoms with Gasteiger partial charge >= 0.3 is 5.97 Å². The lowest BCUT2D eigenvalue weighted by Crippen LogP contribution is -2.38. The van der Waals surface area contributed by atoms with Crippen molar-refractivity contribution in [2.75, 3.05) is 0 Å². The largest absolute Gasteiger partial charge is 0.435 e. The third-order valence-electron chi connectivity index (χ3n) is 2.58. The van der Waals surface area contributed by atoms with Gasteiger partial charge in [0.15, 0.2) is 0 Å². The standard InChI is InChI=1S/C10H18O2/c1-7-12-8(11)10(5,6)9(2,3)4/h7H,1H2,2-6H3. The van der Waals surface area contributed by atoms with E-state index in [9.17, 15) is 4.79 Å². The molecule has 70 valence electrons. The van der Waals surface area contributed by atoms with Gasteiger partial charge in [0.05, 0.1) is 11.7 Å². The highest BCUT2D eigenvalue weighted by molar-refractivity contribution is 5.77. The summed E-state index contributed by atoms with van der Waals surface area (Å²) in [7, 11) is 0. The van der Waals surface area contributed by atoms with Crippen LogP contribution in [0.1, 0.15) is 34.6 Å². The fourth-order valence-electron chi connectivity index (χ4n) is 0.529. The molecule has 0 aliphatic carbocycles. The number of rotatable bonds is 2. The summed E-state index contributed by atoms with van der Waals surface area (Å²) in [5.74, 6) is -0.231. The molecule has 0 saturated carbocycles. The summed E-state index contributed by atoms with van der Waals surface area (Å²) in [5.41, 5.74) is -0.589. The second-order valence-corrected chi connectivity index (χ2v) is 4.45. The zero-order chi connectivity index (χ0) is 9.99. The summed E-state index contributed by atoms with van der Waals surface area (Å²) in [6.07, 6.45) is 1.18. The molecule has 0 aromatic heterocycles. The maximum atomic E-state index is 11.4. The number of carbonyl (C=O) groups excluding carboxylic acids is 1. The topological polar surface area (TPSA) is 26.3 Å². The minimum Gasteiger partial charge on any atom is -0.435 e. The molecule has 0 spiro atoms. The van der Waals surface area contributed by atoms with E-state index in [2.05, 4.69) is 6.58 Å². The molecule has 0 unspecified atom stereocenters. The van der Waals surface area contributed by atoms with Crippen molar-refractivity contribution in [3.05, 3.63) is 12.8 Å². The summed E-state index contributed by atoms with van der Waals surface area (Å²) in [6.45, 7) is 13.1. The number of ether oxygens (including phenoxy) is 1. The molecule has 0 rings (SSSR count). The zero-order valence-electron chi connectivity index (χ0n) is 8.60. The SMILES string of the molecule is C=COC(=O)C(C)(C)C(C)(C)C. The van der Waals surface area contributed by atoms with Crippen LogP contribution in [-0.4, -0.2) is 5.97 Å². The summed E-state index contributed by atoms with van der Waals surface area (Å²) in [4.78, 5) is 11.4. The molecule has 0 aliphatic heterocycles. The second-order valence-electron chi connectivity index (χ2n) is 4.45. The first kappa shape index (κ1) is 11.2. The van der Waals surface area contributed by atoms with E-state index in [4.69, 9.17) is 4.74 Å². The molecule has 0 N–H and O–H groups in total. The van der Waals surface area contributed by atoms with Crippen molar-refractivity contribution in [1.29, 1.82) is 0 Å². The summed E-state index contributed by atoms with van der Waals surface area (Å²) >= 11 is 0. The molecule has 0 aromatic carbocycles. The Balaban J connectivity index is 4.61. The lowest BCUT2D eigenvalue weighted by molar-refractivity contribution is -0.154. The molecule has 0 aromatic rings. The van der Waals surface area contributed by atoms with Crippen molar-refractivity contribution < 1.29 is 9.53 Å². The average Bonchev–Trinajstić information content (AvgIpc) is 1.85. The molecule has 0 amide bonds. The van der Waals surface area contributed by atoms with Crippen LogP contribution in [-0.2, 0) is 9.53 Å². The molecule has 0 aliphatic rings. The molecule has 0 fully saturated rings. The van der Waals surface area contributed by atoms with Crippen LogP contribution in [0.4, 0.5) is 0 Å². The van der Waals surface area contributed by atoms with Crippen LogP contribution < -0.4 is 0 Å². The van der Waals surface area contributed by atoms with Crippen LogP contribution in [0.25, 0.3) is 0 Å².